The van der Waals surface area contributed by atoms with Crippen LogP contribution in [0.25, 0.3) is 11.5 Å². The van der Waals surface area contributed by atoms with Crippen molar-refractivity contribution in [1.82, 2.24) is 10.2 Å². The van der Waals surface area contributed by atoms with Gasteiger partial charge in [-0.25, -0.2) is 0 Å². The zero-order chi connectivity index (χ0) is 22.2. The van der Waals surface area contributed by atoms with Crippen molar-refractivity contribution in [3.05, 3.63) is 82.4 Å². The van der Waals surface area contributed by atoms with Crippen LogP contribution in [0.2, 0.25) is 0 Å². The number of amides is 1. The smallest absolute Gasteiger partial charge is 0.248 e. The number of hydrogen-bond acceptors (Lipinski definition) is 7. The lowest BCUT2D eigenvalue weighted by Crippen LogP contribution is -2.14. The first-order valence-corrected chi connectivity index (χ1v) is 11.0. The number of aromatic nitrogens is 2. The summed E-state index contributed by atoms with van der Waals surface area (Å²) in [6.45, 7) is 0.307. The van der Waals surface area contributed by atoms with Gasteiger partial charge in [0.25, 0.3) is 0 Å². The van der Waals surface area contributed by atoms with Crippen molar-refractivity contribution in [3.8, 4) is 23.3 Å². The molecule has 0 saturated carbocycles. The molecule has 0 bridgehead atoms. The summed E-state index contributed by atoms with van der Waals surface area (Å²) >= 11 is 1.56. The molecule has 0 radical (unpaired) electrons. The second-order valence-corrected chi connectivity index (χ2v) is 7.77. The summed E-state index contributed by atoms with van der Waals surface area (Å²) in [5.74, 6) is 1.45. The van der Waals surface area contributed by atoms with Crippen molar-refractivity contribution in [2.24, 2.45) is 0 Å². The molecule has 0 spiro atoms. The second-order valence-electron chi connectivity index (χ2n) is 6.99. The molecule has 2 aromatic carbocycles. The summed E-state index contributed by atoms with van der Waals surface area (Å²) in [4.78, 5) is 12.5. The topological polar surface area (TPSA) is 101 Å². The lowest BCUT2D eigenvalue weighted by Gasteiger charge is -2.12. The third-order valence-corrected chi connectivity index (χ3v) is 5.38. The number of rotatable bonds is 9. The third-order valence-electron chi connectivity index (χ3n) is 4.69. The van der Waals surface area contributed by atoms with E-state index in [1.807, 2.05) is 65.4 Å². The van der Waals surface area contributed by atoms with Crippen LogP contribution in [0, 0.1) is 11.3 Å². The summed E-state index contributed by atoms with van der Waals surface area (Å²) in [6.07, 6.45) is 0.950. The van der Waals surface area contributed by atoms with Crippen molar-refractivity contribution in [1.29, 1.82) is 5.26 Å². The maximum absolute atomic E-state index is 12.5. The van der Waals surface area contributed by atoms with Gasteiger partial charge in [-0.1, -0.05) is 30.3 Å². The number of benzene rings is 2. The zero-order valence-electron chi connectivity index (χ0n) is 17.2. The fourth-order valence-corrected chi connectivity index (χ4v) is 3.64. The number of nitriles is 1. The Bertz CT molecular complexity index is 1210. The molecule has 8 heteroatoms. The van der Waals surface area contributed by atoms with Gasteiger partial charge in [0, 0.05) is 35.0 Å². The molecule has 1 N–H and O–H groups in total. The SMILES string of the molecule is N#CCc1ccc(OCc2ccccc2NC(=O)CCc2nnc(-c3ccsc3)o2)cc1. The lowest BCUT2D eigenvalue weighted by molar-refractivity contribution is -0.116. The maximum atomic E-state index is 12.5. The van der Waals surface area contributed by atoms with E-state index in [9.17, 15) is 4.79 Å². The highest BCUT2D eigenvalue weighted by atomic mass is 32.1. The molecule has 160 valence electrons. The van der Waals surface area contributed by atoms with Gasteiger partial charge in [-0.3, -0.25) is 4.79 Å². The van der Waals surface area contributed by atoms with Crippen molar-refractivity contribution in [3.63, 3.8) is 0 Å². The van der Waals surface area contributed by atoms with E-state index in [4.69, 9.17) is 14.4 Å². The van der Waals surface area contributed by atoms with Crippen LogP contribution < -0.4 is 10.1 Å². The normalized spacial score (nSPS) is 10.5. The molecule has 0 unspecified atom stereocenters. The van der Waals surface area contributed by atoms with E-state index in [-0.39, 0.29) is 12.3 Å². The molecule has 32 heavy (non-hydrogen) atoms. The molecule has 4 aromatic rings. The quantitative estimate of drug-likeness (QED) is 0.389. The Kier molecular flexibility index (Phi) is 6.90. The van der Waals surface area contributed by atoms with Gasteiger partial charge >= 0.3 is 0 Å². The molecular weight excluding hydrogens is 424 g/mol. The second kappa shape index (κ2) is 10.4. The number of nitrogens with zero attached hydrogens (tertiary/aromatic N) is 3. The molecule has 0 aliphatic carbocycles. The lowest BCUT2D eigenvalue weighted by atomic mass is 10.1. The monoisotopic (exact) mass is 444 g/mol. The van der Waals surface area contributed by atoms with E-state index < -0.39 is 0 Å². The molecule has 0 saturated heterocycles. The predicted octanol–water partition coefficient (Wildman–Crippen LogP) is 5.01. The van der Waals surface area contributed by atoms with Gasteiger partial charge in [-0.2, -0.15) is 16.6 Å². The number of anilines is 1. The van der Waals surface area contributed by atoms with Gasteiger partial charge < -0.3 is 14.5 Å². The van der Waals surface area contributed by atoms with E-state index in [1.54, 1.807) is 11.3 Å². The van der Waals surface area contributed by atoms with Crippen LogP contribution in [0.3, 0.4) is 0 Å². The summed E-state index contributed by atoms with van der Waals surface area (Å²) < 4.78 is 11.5. The van der Waals surface area contributed by atoms with Crippen LogP contribution in [0.5, 0.6) is 5.75 Å². The first kappa shape index (κ1) is 21.3. The average molecular weight is 445 g/mol. The largest absolute Gasteiger partial charge is 0.489 e. The number of carbonyl (C=O) groups excluding carboxylic acids is 1. The Balaban J connectivity index is 1.31. The minimum Gasteiger partial charge on any atom is -0.489 e. The molecule has 2 aromatic heterocycles. The van der Waals surface area contributed by atoms with Crippen LogP contribution in [0.15, 0.2) is 69.8 Å². The van der Waals surface area contributed by atoms with Crippen LogP contribution in [-0.2, 0) is 24.2 Å². The molecule has 2 heterocycles. The van der Waals surface area contributed by atoms with Gasteiger partial charge in [0.1, 0.15) is 12.4 Å². The zero-order valence-corrected chi connectivity index (χ0v) is 18.0. The number of aryl methyl sites for hydroxylation is 1. The highest BCUT2D eigenvalue weighted by Gasteiger charge is 2.12. The number of para-hydroxylation sites is 1. The fraction of sp³-hybridized carbons (Fsp3) is 0.167. The summed E-state index contributed by atoms with van der Waals surface area (Å²) in [7, 11) is 0. The van der Waals surface area contributed by atoms with Crippen molar-refractivity contribution >= 4 is 22.9 Å². The highest BCUT2D eigenvalue weighted by molar-refractivity contribution is 7.08. The molecule has 0 fully saturated rings. The van der Waals surface area contributed by atoms with E-state index in [0.29, 0.717) is 42.7 Å². The number of nitrogens with one attached hydrogen (secondary N) is 1. The van der Waals surface area contributed by atoms with Crippen LogP contribution in [0.4, 0.5) is 5.69 Å². The van der Waals surface area contributed by atoms with E-state index in [2.05, 4.69) is 21.6 Å². The van der Waals surface area contributed by atoms with Gasteiger partial charge in [0.2, 0.25) is 17.7 Å². The van der Waals surface area contributed by atoms with Crippen LogP contribution in [0.1, 0.15) is 23.4 Å². The highest BCUT2D eigenvalue weighted by Crippen LogP contribution is 2.22. The molecule has 0 atom stereocenters. The average Bonchev–Trinajstić information content (AvgIpc) is 3.50. The number of thiophene rings is 1. The molecule has 4 rings (SSSR count). The summed E-state index contributed by atoms with van der Waals surface area (Å²) in [6, 6.07) is 18.9. The summed E-state index contributed by atoms with van der Waals surface area (Å²) in [5.41, 5.74) is 3.38. The third kappa shape index (κ3) is 5.59. The van der Waals surface area contributed by atoms with Crippen LogP contribution in [-0.4, -0.2) is 16.1 Å². The Hall–Kier alpha value is -3.96. The number of hydrogen-bond donors (Lipinski definition) is 1. The Morgan fingerprint density at radius 3 is 2.75 bits per heavy atom. The first-order valence-electron chi connectivity index (χ1n) is 10.0. The van der Waals surface area contributed by atoms with Crippen LogP contribution >= 0.6 is 11.3 Å². The standard InChI is InChI=1S/C24H20N4O3S/c25-13-11-17-5-7-20(8-6-17)30-15-18-3-1-2-4-21(18)26-22(29)9-10-23-27-28-24(31-23)19-12-14-32-16-19/h1-8,12,14,16H,9-11,15H2,(H,26,29). The van der Waals surface area contributed by atoms with Gasteiger partial charge in [-0.15, -0.1) is 10.2 Å². The molecule has 0 aliphatic heterocycles. The Morgan fingerprint density at radius 2 is 1.97 bits per heavy atom. The van der Waals surface area contributed by atoms with E-state index in [0.717, 1.165) is 16.7 Å². The molecule has 1 amide bonds. The predicted molar refractivity (Wildman–Crippen MR) is 121 cm³/mol. The van der Waals surface area contributed by atoms with E-state index in [1.165, 1.54) is 0 Å². The van der Waals surface area contributed by atoms with E-state index >= 15 is 0 Å². The van der Waals surface area contributed by atoms with Crippen molar-refractivity contribution in [2.75, 3.05) is 5.32 Å². The fourth-order valence-electron chi connectivity index (χ4n) is 3.01. The minimum atomic E-state index is -0.145. The summed E-state index contributed by atoms with van der Waals surface area (Å²) in [5, 5.41) is 23.6. The molecular formula is C24H20N4O3S. The van der Waals surface area contributed by atoms with Gasteiger partial charge in [0.05, 0.1) is 12.5 Å². The van der Waals surface area contributed by atoms with Crippen molar-refractivity contribution in [2.45, 2.75) is 25.9 Å². The maximum Gasteiger partial charge on any atom is 0.248 e. The minimum absolute atomic E-state index is 0.145. The Labute approximate surface area is 189 Å². The van der Waals surface area contributed by atoms with Crippen molar-refractivity contribution < 1.29 is 13.9 Å². The molecule has 0 aliphatic rings. The van der Waals surface area contributed by atoms with Gasteiger partial charge in [0.15, 0.2) is 0 Å². The molecule has 7 nitrogen and oxygen atoms in total. The first-order chi connectivity index (χ1) is 15.7. The number of ether oxygens (including phenoxy) is 1. The Morgan fingerprint density at radius 1 is 1.12 bits per heavy atom. The number of carbonyl (C=O) groups is 1. The van der Waals surface area contributed by atoms with Gasteiger partial charge in [-0.05, 0) is 35.2 Å².